The summed E-state index contributed by atoms with van der Waals surface area (Å²) in [5.41, 5.74) is 4.91. The summed E-state index contributed by atoms with van der Waals surface area (Å²) in [6, 6.07) is -1.61. The zero-order valence-electron chi connectivity index (χ0n) is 9.40. The lowest BCUT2D eigenvalue weighted by Gasteiger charge is -2.29. The van der Waals surface area contributed by atoms with E-state index in [1.54, 1.807) is 6.92 Å². The van der Waals surface area contributed by atoms with Gasteiger partial charge >= 0.3 is 6.03 Å². The summed E-state index contributed by atoms with van der Waals surface area (Å²) in [5.74, 6) is -0.315. The smallest absolute Gasteiger partial charge is 0.312 e. The fraction of sp³-hybridized carbons (Fsp3) is 0.800. The molecule has 0 aromatic carbocycles. The van der Waals surface area contributed by atoms with Gasteiger partial charge in [0.2, 0.25) is 5.91 Å². The number of carbonyl (C=O) groups is 2. The largest absolute Gasteiger partial charge is 0.391 e. The minimum absolute atomic E-state index is 0.210. The lowest BCUT2D eigenvalue weighted by molar-refractivity contribution is -0.124. The summed E-state index contributed by atoms with van der Waals surface area (Å²) in [4.78, 5) is 22.2. The normalized spacial score (nSPS) is 26.9. The molecule has 6 nitrogen and oxygen atoms in total. The molecular weight excluding hydrogens is 210 g/mol. The molecule has 1 aliphatic rings. The Morgan fingerprint density at radius 1 is 1.38 bits per heavy atom. The molecule has 1 unspecified atom stereocenters. The molecule has 1 saturated carbocycles. The van der Waals surface area contributed by atoms with Gasteiger partial charge in [-0.2, -0.15) is 0 Å². The molecule has 0 spiro atoms. The number of urea groups is 1. The molecule has 6 heteroatoms. The summed E-state index contributed by atoms with van der Waals surface area (Å²) < 4.78 is 0. The van der Waals surface area contributed by atoms with Crippen molar-refractivity contribution in [2.75, 3.05) is 0 Å². The summed E-state index contributed by atoms with van der Waals surface area (Å²) in [6.45, 7) is 1.55. The van der Waals surface area contributed by atoms with Crippen LogP contribution in [0.25, 0.3) is 0 Å². The molecule has 0 saturated heterocycles. The SMILES string of the molecule is CC(NC(N)=O)C(=O)N[C@H]1CCCC[C@@H]1O. The monoisotopic (exact) mass is 229 g/mol. The Balaban J connectivity index is 2.40. The second-order valence-electron chi connectivity index (χ2n) is 4.20. The van der Waals surface area contributed by atoms with E-state index < -0.39 is 18.2 Å². The van der Waals surface area contributed by atoms with Gasteiger partial charge in [-0.05, 0) is 19.8 Å². The highest BCUT2D eigenvalue weighted by Gasteiger charge is 2.26. The molecule has 3 atom stereocenters. The molecule has 3 amide bonds. The van der Waals surface area contributed by atoms with Gasteiger partial charge in [0.05, 0.1) is 12.1 Å². The maximum Gasteiger partial charge on any atom is 0.312 e. The van der Waals surface area contributed by atoms with Crippen molar-refractivity contribution in [2.24, 2.45) is 5.73 Å². The number of nitrogens with two attached hydrogens (primary N) is 1. The number of primary amides is 1. The van der Waals surface area contributed by atoms with E-state index in [9.17, 15) is 14.7 Å². The van der Waals surface area contributed by atoms with Crippen LogP contribution in [0.15, 0.2) is 0 Å². The van der Waals surface area contributed by atoms with Crippen molar-refractivity contribution in [3.05, 3.63) is 0 Å². The van der Waals surface area contributed by atoms with E-state index in [0.29, 0.717) is 6.42 Å². The van der Waals surface area contributed by atoms with Crippen LogP contribution in [0, 0.1) is 0 Å². The van der Waals surface area contributed by atoms with E-state index in [1.165, 1.54) is 0 Å². The number of carbonyl (C=O) groups excluding carboxylic acids is 2. The number of hydrogen-bond donors (Lipinski definition) is 4. The fourth-order valence-corrected chi connectivity index (χ4v) is 1.87. The number of nitrogens with one attached hydrogen (secondary N) is 2. The Kier molecular flexibility index (Phi) is 4.54. The topological polar surface area (TPSA) is 104 Å². The third-order valence-corrected chi connectivity index (χ3v) is 2.81. The van der Waals surface area contributed by atoms with Gasteiger partial charge in [0.25, 0.3) is 0 Å². The number of amides is 3. The zero-order chi connectivity index (χ0) is 12.1. The maximum absolute atomic E-state index is 11.6. The molecule has 5 N–H and O–H groups in total. The summed E-state index contributed by atoms with van der Waals surface area (Å²) in [5, 5.41) is 14.7. The van der Waals surface area contributed by atoms with Crippen LogP contribution in [0.2, 0.25) is 0 Å². The molecule has 0 bridgehead atoms. The third kappa shape index (κ3) is 3.69. The predicted octanol–water partition coefficient (Wildman–Crippen LogP) is -0.537. The molecule has 92 valence electrons. The average molecular weight is 229 g/mol. The summed E-state index contributed by atoms with van der Waals surface area (Å²) >= 11 is 0. The number of aliphatic hydroxyl groups is 1. The highest BCUT2D eigenvalue weighted by atomic mass is 16.3. The van der Waals surface area contributed by atoms with Crippen molar-refractivity contribution >= 4 is 11.9 Å². The van der Waals surface area contributed by atoms with Crippen LogP contribution < -0.4 is 16.4 Å². The van der Waals surface area contributed by atoms with Gasteiger partial charge in [-0.1, -0.05) is 12.8 Å². The van der Waals surface area contributed by atoms with Crippen LogP contribution in [0.1, 0.15) is 32.6 Å². The van der Waals surface area contributed by atoms with Gasteiger partial charge in [-0.25, -0.2) is 4.79 Å². The predicted molar refractivity (Wildman–Crippen MR) is 58.6 cm³/mol. The first-order chi connectivity index (χ1) is 7.50. The lowest BCUT2D eigenvalue weighted by atomic mass is 9.92. The lowest BCUT2D eigenvalue weighted by Crippen LogP contribution is -2.52. The Hall–Kier alpha value is -1.30. The molecule has 16 heavy (non-hydrogen) atoms. The first kappa shape index (κ1) is 12.8. The molecule has 0 aromatic heterocycles. The highest BCUT2D eigenvalue weighted by molar-refractivity contribution is 5.86. The molecule has 0 aromatic rings. The third-order valence-electron chi connectivity index (χ3n) is 2.81. The average Bonchev–Trinajstić information content (AvgIpc) is 2.20. The van der Waals surface area contributed by atoms with Crippen molar-refractivity contribution in [3.63, 3.8) is 0 Å². The van der Waals surface area contributed by atoms with Crippen LogP contribution in [-0.4, -0.2) is 35.2 Å². The van der Waals surface area contributed by atoms with Gasteiger partial charge in [-0.15, -0.1) is 0 Å². The fourth-order valence-electron chi connectivity index (χ4n) is 1.87. The van der Waals surface area contributed by atoms with Crippen molar-refractivity contribution in [1.82, 2.24) is 10.6 Å². The van der Waals surface area contributed by atoms with E-state index in [1.807, 2.05) is 0 Å². The quantitative estimate of drug-likeness (QED) is 0.522. The van der Waals surface area contributed by atoms with Crippen molar-refractivity contribution in [3.8, 4) is 0 Å². The number of aliphatic hydroxyl groups excluding tert-OH is 1. The Morgan fingerprint density at radius 2 is 2.00 bits per heavy atom. The second-order valence-corrected chi connectivity index (χ2v) is 4.20. The van der Waals surface area contributed by atoms with E-state index in [-0.39, 0.29) is 11.9 Å². The van der Waals surface area contributed by atoms with Crippen LogP contribution in [0.3, 0.4) is 0 Å². The Bertz CT molecular complexity index is 270. The van der Waals surface area contributed by atoms with E-state index in [2.05, 4.69) is 10.6 Å². The summed E-state index contributed by atoms with van der Waals surface area (Å²) in [6.07, 6.45) is 2.99. The van der Waals surface area contributed by atoms with Gasteiger partial charge in [0, 0.05) is 0 Å². The van der Waals surface area contributed by atoms with Crippen LogP contribution >= 0.6 is 0 Å². The molecule has 0 radical (unpaired) electrons. The molecule has 0 heterocycles. The number of hydrogen-bond acceptors (Lipinski definition) is 3. The molecule has 0 aliphatic heterocycles. The molecular formula is C10H19N3O3. The van der Waals surface area contributed by atoms with Gasteiger partial charge in [-0.3, -0.25) is 4.79 Å². The van der Waals surface area contributed by atoms with E-state index in [4.69, 9.17) is 5.73 Å². The van der Waals surface area contributed by atoms with Crippen LogP contribution in [0.5, 0.6) is 0 Å². The first-order valence-electron chi connectivity index (χ1n) is 5.55. The van der Waals surface area contributed by atoms with E-state index in [0.717, 1.165) is 19.3 Å². The zero-order valence-corrected chi connectivity index (χ0v) is 9.40. The minimum atomic E-state index is -0.730. The van der Waals surface area contributed by atoms with Gasteiger partial charge in [0.1, 0.15) is 6.04 Å². The van der Waals surface area contributed by atoms with Crippen molar-refractivity contribution < 1.29 is 14.7 Å². The van der Waals surface area contributed by atoms with Crippen molar-refractivity contribution in [2.45, 2.75) is 50.8 Å². The Morgan fingerprint density at radius 3 is 2.56 bits per heavy atom. The van der Waals surface area contributed by atoms with Crippen LogP contribution in [-0.2, 0) is 4.79 Å². The van der Waals surface area contributed by atoms with E-state index >= 15 is 0 Å². The number of rotatable bonds is 3. The van der Waals surface area contributed by atoms with Crippen LogP contribution in [0.4, 0.5) is 4.79 Å². The maximum atomic E-state index is 11.6. The summed E-state index contributed by atoms with van der Waals surface area (Å²) in [7, 11) is 0. The Labute approximate surface area is 94.6 Å². The highest BCUT2D eigenvalue weighted by Crippen LogP contribution is 2.18. The van der Waals surface area contributed by atoms with Gasteiger partial charge < -0.3 is 21.5 Å². The molecule has 1 fully saturated rings. The van der Waals surface area contributed by atoms with Crippen molar-refractivity contribution in [1.29, 1.82) is 0 Å². The molecule has 1 aliphatic carbocycles. The standard InChI is InChI=1S/C10H19N3O3/c1-6(12-10(11)16)9(15)13-7-4-2-3-5-8(7)14/h6-8,14H,2-5H2,1H3,(H,13,15)(H3,11,12,16)/t6?,7-,8-/m0/s1. The molecule has 1 rings (SSSR count). The second kappa shape index (κ2) is 5.69. The first-order valence-corrected chi connectivity index (χ1v) is 5.55. The minimum Gasteiger partial charge on any atom is -0.391 e. The van der Waals surface area contributed by atoms with Gasteiger partial charge in [0.15, 0.2) is 0 Å².